The Morgan fingerprint density at radius 2 is 2.07 bits per heavy atom. The number of benzene rings is 1. The normalized spacial score (nSPS) is 9.79. The van der Waals surface area contributed by atoms with Crippen LogP contribution in [0.25, 0.3) is 0 Å². The molecule has 0 fully saturated rings. The van der Waals surface area contributed by atoms with Crippen molar-refractivity contribution in [2.45, 2.75) is 13.0 Å². The average molecular weight is 194 g/mol. The summed E-state index contributed by atoms with van der Waals surface area (Å²) < 4.78 is 5.00. The Labute approximate surface area is 83.0 Å². The van der Waals surface area contributed by atoms with Gasteiger partial charge in [-0.25, -0.2) is 0 Å². The lowest BCUT2D eigenvalue weighted by Gasteiger charge is -2.03. The van der Waals surface area contributed by atoms with Gasteiger partial charge in [-0.05, 0) is 5.56 Å². The molecule has 0 amide bonds. The van der Waals surface area contributed by atoms with Gasteiger partial charge in [0.15, 0.2) is 0 Å². The van der Waals surface area contributed by atoms with Crippen molar-refractivity contribution in [1.82, 2.24) is 5.43 Å². The minimum atomic E-state index is -0.244. The predicted molar refractivity (Wildman–Crippen MR) is 53.0 cm³/mol. The van der Waals surface area contributed by atoms with Crippen LogP contribution in [0.15, 0.2) is 30.3 Å². The lowest BCUT2D eigenvalue weighted by Crippen LogP contribution is -2.25. The van der Waals surface area contributed by atoms with Gasteiger partial charge in [0.25, 0.3) is 0 Å². The molecule has 0 bridgehead atoms. The summed E-state index contributed by atoms with van der Waals surface area (Å²) in [6, 6.07) is 9.56. The van der Waals surface area contributed by atoms with E-state index in [0.29, 0.717) is 19.6 Å². The van der Waals surface area contributed by atoms with Crippen LogP contribution in [0.2, 0.25) is 0 Å². The van der Waals surface area contributed by atoms with E-state index in [-0.39, 0.29) is 5.97 Å². The molecule has 0 radical (unpaired) electrons. The van der Waals surface area contributed by atoms with E-state index >= 15 is 0 Å². The van der Waals surface area contributed by atoms with Crippen molar-refractivity contribution >= 4 is 5.97 Å². The van der Waals surface area contributed by atoms with Gasteiger partial charge in [-0.1, -0.05) is 30.3 Å². The van der Waals surface area contributed by atoms with Crippen LogP contribution in [0.1, 0.15) is 12.0 Å². The summed E-state index contributed by atoms with van der Waals surface area (Å²) in [5.41, 5.74) is 3.38. The molecule has 1 aromatic carbocycles. The number of nitrogens with one attached hydrogen (secondary N) is 1. The van der Waals surface area contributed by atoms with E-state index in [1.54, 1.807) is 0 Å². The third kappa shape index (κ3) is 4.02. The lowest BCUT2D eigenvalue weighted by atomic mass is 10.2. The topological polar surface area (TPSA) is 64.3 Å². The molecular formula is C10H14N2O2. The number of esters is 1. The van der Waals surface area contributed by atoms with Crippen molar-refractivity contribution in [3.63, 3.8) is 0 Å². The highest BCUT2D eigenvalue weighted by atomic mass is 16.5. The minimum Gasteiger partial charge on any atom is -0.461 e. The van der Waals surface area contributed by atoms with Gasteiger partial charge in [0, 0.05) is 6.54 Å². The van der Waals surface area contributed by atoms with E-state index in [2.05, 4.69) is 5.43 Å². The smallest absolute Gasteiger partial charge is 0.307 e. The highest BCUT2D eigenvalue weighted by molar-refractivity contribution is 5.69. The molecular weight excluding hydrogens is 180 g/mol. The monoisotopic (exact) mass is 194 g/mol. The van der Waals surface area contributed by atoms with Crippen molar-refractivity contribution in [3.8, 4) is 0 Å². The summed E-state index contributed by atoms with van der Waals surface area (Å²) in [6.07, 6.45) is 0.295. The summed E-state index contributed by atoms with van der Waals surface area (Å²) in [4.78, 5) is 11.1. The molecule has 0 atom stereocenters. The van der Waals surface area contributed by atoms with Crippen molar-refractivity contribution in [2.75, 3.05) is 6.54 Å². The van der Waals surface area contributed by atoms with E-state index in [4.69, 9.17) is 10.6 Å². The van der Waals surface area contributed by atoms with Crippen LogP contribution >= 0.6 is 0 Å². The molecule has 0 heterocycles. The number of hydrogen-bond donors (Lipinski definition) is 2. The Hall–Kier alpha value is -1.39. The van der Waals surface area contributed by atoms with Gasteiger partial charge < -0.3 is 4.74 Å². The largest absolute Gasteiger partial charge is 0.461 e. The molecule has 0 aliphatic rings. The number of rotatable bonds is 5. The molecule has 4 nitrogen and oxygen atoms in total. The second kappa shape index (κ2) is 6.12. The van der Waals surface area contributed by atoms with Crippen molar-refractivity contribution in [1.29, 1.82) is 0 Å². The highest BCUT2D eigenvalue weighted by Gasteiger charge is 2.01. The van der Waals surface area contributed by atoms with Crippen LogP contribution in [-0.4, -0.2) is 12.5 Å². The minimum absolute atomic E-state index is 0.244. The standard InChI is InChI=1S/C10H14N2O2/c11-12-7-6-10(13)14-8-9-4-2-1-3-5-9/h1-5,12H,6-8,11H2. The first-order chi connectivity index (χ1) is 6.83. The van der Waals surface area contributed by atoms with Crippen LogP contribution in [0.4, 0.5) is 0 Å². The van der Waals surface area contributed by atoms with Gasteiger partial charge in [0.1, 0.15) is 6.61 Å². The maximum atomic E-state index is 11.1. The lowest BCUT2D eigenvalue weighted by molar-refractivity contribution is -0.144. The fourth-order valence-corrected chi connectivity index (χ4v) is 0.984. The maximum Gasteiger partial charge on any atom is 0.307 e. The van der Waals surface area contributed by atoms with E-state index in [9.17, 15) is 4.79 Å². The molecule has 0 aliphatic carbocycles. The number of ether oxygens (including phenoxy) is 1. The summed E-state index contributed by atoms with van der Waals surface area (Å²) in [7, 11) is 0. The second-order valence-corrected chi connectivity index (χ2v) is 2.85. The Bertz CT molecular complexity index is 275. The fraction of sp³-hybridized carbons (Fsp3) is 0.300. The Kier molecular flexibility index (Phi) is 4.68. The first-order valence-electron chi connectivity index (χ1n) is 4.46. The molecule has 0 unspecified atom stereocenters. The van der Waals surface area contributed by atoms with Gasteiger partial charge in [0.05, 0.1) is 6.42 Å². The first kappa shape index (κ1) is 10.7. The first-order valence-corrected chi connectivity index (χ1v) is 4.46. The Morgan fingerprint density at radius 1 is 1.36 bits per heavy atom. The van der Waals surface area contributed by atoms with Crippen LogP contribution in [-0.2, 0) is 16.1 Å². The van der Waals surface area contributed by atoms with Crippen LogP contribution in [0.3, 0.4) is 0 Å². The third-order valence-electron chi connectivity index (χ3n) is 1.72. The Morgan fingerprint density at radius 3 is 2.71 bits per heavy atom. The summed E-state index contributed by atoms with van der Waals surface area (Å²) in [5.74, 6) is 4.78. The maximum absolute atomic E-state index is 11.1. The molecule has 4 heteroatoms. The molecule has 0 saturated heterocycles. The van der Waals surface area contributed by atoms with Crippen molar-refractivity contribution in [3.05, 3.63) is 35.9 Å². The van der Waals surface area contributed by atoms with E-state index in [0.717, 1.165) is 5.56 Å². The summed E-state index contributed by atoms with van der Waals surface area (Å²) in [5, 5.41) is 0. The van der Waals surface area contributed by atoms with Gasteiger partial charge in [-0.2, -0.15) is 0 Å². The molecule has 3 N–H and O–H groups in total. The zero-order valence-corrected chi connectivity index (χ0v) is 7.90. The fourth-order valence-electron chi connectivity index (χ4n) is 0.984. The molecule has 0 spiro atoms. The number of carbonyl (C=O) groups is 1. The average Bonchev–Trinajstić information content (AvgIpc) is 2.25. The molecule has 0 aliphatic heterocycles. The van der Waals surface area contributed by atoms with Gasteiger partial charge >= 0.3 is 5.97 Å². The van der Waals surface area contributed by atoms with Crippen molar-refractivity contribution < 1.29 is 9.53 Å². The number of hydrazine groups is 1. The number of carbonyl (C=O) groups excluding carboxylic acids is 1. The zero-order valence-electron chi connectivity index (χ0n) is 7.90. The SMILES string of the molecule is NNCCC(=O)OCc1ccccc1. The molecule has 0 aromatic heterocycles. The van der Waals surface area contributed by atoms with Gasteiger partial charge in [-0.3, -0.25) is 16.1 Å². The van der Waals surface area contributed by atoms with Crippen LogP contribution in [0.5, 0.6) is 0 Å². The van der Waals surface area contributed by atoms with E-state index in [1.807, 2.05) is 30.3 Å². The quantitative estimate of drug-likeness (QED) is 0.409. The van der Waals surface area contributed by atoms with E-state index < -0.39 is 0 Å². The molecule has 1 aromatic rings. The summed E-state index contributed by atoms with van der Waals surface area (Å²) in [6.45, 7) is 0.762. The van der Waals surface area contributed by atoms with Crippen molar-refractivity contribution in [2.24, 2.45) is 5.84 Å². The van der Waals surface area contributed by atoms with Crippen LogP contribution in [0, 0.1) is 0 Å². The summed E-state index contributed by atoms with van der Waals surface area (Å²) >= 11 is 0. The second-order valence-electron chi connectivity index (χ2n) is 2.85. The predicted octanol–water partition coefficient (Wildman–Crippen LogP) is 0.583. The van der Waals surface area contributed by atoms with Gasteiger partial charge in [0.2, 0.25) is 0 Å². The third-order valence-corrected chi connectivity index (χ3v) is 1.72. The molecule has 76 valence electrons. The number of nitrogens with two attached hydrogens (primary N) is 1. The Balaban J connectivity index is 2.24. The number of hydrogen-bond acceptors (Lipinski definition) is 4. The van der Waals surface area contributed by atoms with E-state index in [1.165, 1.54) is 0 Å². The molecule has 14 heavy (non-hydrogen) atoms. The van der Waals surface area contributed by atoms with Gasteiger partial charge in [-0.15, -0.1) is 0 Å². The highest BCUT2D eigenvalue weighted by Crippen LogP contribution is 2.01. The zero-order chi connectivity index (χ0) is 10.2. The molecule has 1 rings (SSSR count). The molecule has 0 saturated carbocycles. The van der Waals surface area contributed by atoms with Crippen LogP contribution < -0.4 is 11.3 Å².